The molecule has 0 bridgehead atoms. The molecule has 0 saturated heterocycles. The third kappa shape index (κ3) is 4.48. The Morgan fingerprint density at radius 2 is 1.70 bits per heavy atom. The molecule has 0 radical (unpaired) electrons. The van der Waals surface area contributed by atoms with Gasteiger partial charge in [0.05, 0.1) is 0 Å². The number of nitrogens with one attached hydrogen (secondary N) is 1. The monoisotopic (exact) mass is 279 g/mol. The molecule has 3 unspecified atom stereocenters. The summed E-state index contributed by atoms with van der Waals surface area (Å²) in [4.78, 5) is 0. The molecule has 1 nitrogen and oxygen atoms in total. The van der Waals surface area contributed by atoms with Gasteiger partial charge in [0.25, 0.3) is 0 Å². The normalized spacial score (nSPS) is 36.8. The van der Waals surface area contributed by atoms with Gasteiger partial charge in [-0.1, -0.05) is 52.9 Å². The lowest BCUT2D eigenvalue weighted by Crippen LogP contribution is -2.45. The fourth-order valence-corrected chi connectivity index (χ4v) is 4.70. The van der Waals surface area contributed by atoms with Crippen LogP contribution in [-0.2, 0) is 0 Å². The van der Waals surface area contributed by atoms with E-state index in [9.17, 15) is 0 Å². The van der Waals surface area contributed by atoms with Crippen LogP contribution >= 0.6 is 0 Å². The first-order valence-corrected chi connectivity index (χ1v) is 9.47. The minimum Gasteiger partial charge on any atom is -0.313 e. The molecule has 3 atom stereocenters. The third-order valence-corrected chi connectivity index (χ3v) is 6.11. The van der Waals surface area contributed by atoms with E-state index in [2.05, 4.69) is 26.1 Å². The van der Waals surface area contributed by atoms with Gasteiger partial charge < -0.3 is 5.32 Å². The van der Waals surface area contributed by atoms with E-state index < -0.39 is 0 Å². The molecular weight excluding hydrogens is 242 g/mol. The van der Waals surface area contributed by atoms with Crippen LogP contribution in [0.4, 0.5) is 0 Å². The Hall–Kier alpha value is -0.0400. The van der Waals surface area contributed by atoms with Crippen LogP contribution in [-0.4, -0.2) is 12.6 Å². The molecule has 118 valence electrons. The van der Waals surface area contributed by atoms with E-state index >= 15 is 0 Å². The molecule has 1 heteroatoms. The SMILES string of the molecule is CCCNC(C1CCC(C)CC1)C1CCCC(CC)C1. The third-order valence-electron chi connectivity index (χ3n) is 6.11. The summed E-state index contributed by atoms with van der Waals surface area (Å²) in [5.74, 6) is 3.94. The summed E-state index contributed by atoms with van der Waals surface area (Å²) in [6.07, 6.45) is 14.6. The molecule has 0 aromatic carbocycles. The average molecular weight is 280 g/mol. The zero-order valence-electron chi connectivity index (χ0n) is 14.2. The molecule has 2 saturated carbocycles. The molecule has 20 heavy (non-hydrogen) atoms. The van der Waals surface area contributed by atoms with Gasteiger partial charge in [-0.15, -0.1) is 0 Å². The number of hydrogen-bond acceptors (Lipinski definition) is 1. The van der Waals surface area contributed by atoms with Crippen LogP contribution in [0, 0.1) is 23.7 Å². The van der Waals surface area contributed by atoms with Gasteiger partial charge in [0, 0.05) is 6.04 Å². The van der Waals surface area contributed by atoms with Crippen LogP contribution in [0.5, 0.6) is 0 Å². The molecule has 0 spiro atoms. The molecule has 0 amide bonds. The van der Waals surface area contributed by atoms with Gasteiger partial charge in [0.2, 0.25) is 0 Å². The fraction of sp³-hybridized carbons (Fsp3) is 1.00. The van der Waals surface area contributed by atoms with E-state index in [1.165, 1.54) is 70.8 Å². The van der Waals surface area contributed by atoms with Gasteiger partial charge in [0.15, 0.2) is 0 Å². The highest BCUT2D eigenvalue weighted by Crippen LogP contribution is 2.39. The highest BCUT2D eigenvalue weighted by Gasteiger charge is 2.33. The second-order valence-electron chi connectivity index (χ2n) is 7.70. The lowest BCUT2D eigenvalue weighted by Gasteiger charge is -2.41. The zero-order valence-corrected chi connectivity index (χ0v) is 14.2. The Labute approximate surface area is 127 Å². The zero-order chi connectivity index (χ0) is 14.4. The summed E-state index contributed by atoms with van der Waals surface area (Å²) in [7, 11) is 0. The first kappa shape index (κ1) is 16.3. The lowest BCUT2D eigenvalue weighted by molar-refractivity contribution is 0.134. The highest BCUT2D eigenvalue weighted by atomic mass is 14.9. The maximum Gasteiger partial charge on any atom is 0.0124 e. The Morgan fingerprint density at radius 3 is 2.35 bits per heavy atom. The summed E-state index contributed by atoms with van der Waals surface area (Å²) in [6, 6.07) is 0.830. The van der Waals surface area contributed by atoms with E-state index in [0.29, 0.717) is 0 Å². The van der Waals surface area contributed by atoms with Crippen LogP contribution < -0.4 is 5.32 Å². The van der Waals surface area contributed by atoms with Crippen molar-refractivity contribution in [2.75, 3.05) is 6.54 Å². The minimum atomic E-state index is 0.830. The quantitative estimate of drug-likeness (QED) is 0.686. The predicted molar refractivity (Wildman–Crippen MR) is 88.9 cm³/mol. The van der Waals surface area contributed by atoms with E-state index in [1.807, 2.05) is 0 Å². The van der Waals surface area contributed by atoms with Gasteiger partial charge in [-0.3, -0.25) is 0 Å². The Kier molecular flexibility index (Phi) is 6.87. The number of rotatable bonds is 6. The smallest absolute Gasteiger partial charge is 0.0124 e. The molecule has 0 aliphatic heterocycles. The second kappa shape index (κ2) is 8.41. The van der Waals surface area contributed by atoms with Gasteiger partial charge in [-0.05, 0) is 62.3 Å². The van der Waals surface area contributed by atoms with E-state index in [4.69, 9.17) is 0 Å². The minimum absolute atomic E-state index is 0.830. The molecule has 2 aliphatic carbocycles. The van der Waals surface area contributed by atoms with Crippen LogP contribution in [0.3, 0.4) is 0 Å². The first-order valence-electron chi connectivity index (χ1n) is 9.47. The molecule has 1 N–H and O–H groups in total. The van der Waals surface area contributed by atoms with E-state index in [-0.39, 0.29) is 0 Å². The van der Waals surface area contributed by atoms with Crippen LogP contribution in [0.15, 0.2) is 0 Å². The van der Waals surface area contributed by atoms with Crippen LogP contribution in [0.2, 0.25) is 0 Å². The van der Waals surface area contributed by atoms with Crippen molar-refractivity contribution in [3.05, 3.63) is 0 Å². The molecule has 0 aromatic rings. The first-order chi connectivity index (χ1) is 9.74. The summed E-state index contributed by atoms with van der Waals surface area (Å²) < 4.78 is 0. The maximum absolute atomic E-state index is 3.97. The molecule has 0 heterocycles. The van der Waals surface area contributed by atoms with Gasteiger partial charge in [-0.2, -0.15) is 0 Å². The molecule has 0 aromatic heterocycles. The summed E-state index contributed by atoms with van der Waals surface area (Å²) >= 11 is 0. The number of hydrogen-bond donors (Lipinski definition) is 1. The average Bonchev–Trinajstić information content (AvgIpc) is 2.49. The molecule has 2 fully saturated rings. The van der Waals surface area contributed by atoms with Crippen LogP contribution in [0.1, 0.15) is 85.0 Å². The Morgan fingerprint density at radius 1 is 0.950 bits per heavy atom. The van der Waals surface area contributed by atoms with Crippen molar-refractivity contribution in [1.82, 2.24) is 5.32 Å². The standard InChI is InChI=1S/C19H37N/c1-4-13-20-19(17-11-9-15(3)10-12-17)18-8-6-7-16(5-2)14-18/h15-20H,4-14H2,1-3H3. The van der Waals surface area contributed by atoms with Crippen LogP contribution in [0.25, 0.3) is 0 Å². The van der Waals surface area contributed by atoms with Crippen molar-refractivity contribution in [2.45, 2.75) is 91.0 Å². The van der Waals surface area contributed by atoms with Gasteiger partial charge in [0.1, 0.15) is 0 Å². The predicted octanol–water partition coefficient (Wildman–Crippen LogP) is 5.40. The fourth-order valence-electron chi connectivity index (χ4n) is 4.70. The molecule has 2 aliphatic rings. The largest absolute Gasteiger partial charge is 0.313 e. The topological polar surface area (TPSA) is 12.0 Å². The van der Waals surface area contributed by atoms with Gasteiger partial charge in [-0.25, -0.2) is 0 Å². The summed E-state index contributed by atoms with van der Waals surface area (Å²) in [5.41, 5.74) is 0. The van der Waals surface area contributed by atoms with Crippen molar-refractivity contribution in [1.29, 1.82) is 0 Å². The Bertz CT molecular complexity index is 254. The molecule has 2 rings (SSSR count). The van der Waals surface area contributed by atoms with Crippen molar-refractivity contribution in [2.24, 2.45) is 23.7 Å². The van der Waals surface area contributed by atoms with Crippen molar-refractivity contribution >= 4 is 0 Å². The Balaban J connectivity index is 1.94. The van der Waals surface area contributed by atoms with Gasteiger partial charge >= 0.3 is 0 Å². The second-order valence-corrected chi connectivity index (χ2v) is 7.70. The van der Waals surface area contributed by atoms with E-state index in [1.54, 1.807) is 0 Å². The lowest BCUT2D eigenvalue weighted by atomic mass is 9.69. The highest BCUT2D eigenvalue weighted by molar-refractivity contribution is 4.89. The maximum atomic E-state index is 3.97. The van der Waals surface area contributed by atoms with Crippen molar-refractivity contribution < 1.29 is 0 Å². The molecular formula is C19H37N. The van der Waals surface area contributed by atoms with Crippen molar-refractivity contribution in [3.8, 4) is 0 Å². The van der Waals surface area contributed by atoms with E-state index in [0.717, 1.165) is 29.7 Å². The summed E-state index contributed by atoms with van der Waals surface area (Å²) in [6.45, 7) is 8.37. The van der Waals surface area contributed by atoms with Crippen molar-refractivity contribution in [3.63, 3.8) is 0 Å². The summed E-state index contributed by atoms with van der Waals surface area (Å²) in [5, 5.41) is 3.97.